The topological polar surface area (TPSA) is 47.8 Å². The first-order chi connectivity index (χ1) is 12.7. The first kappa shape index (κ1) is 19.6. The van der Waals surface area contributed by atoms with Crippen LogP contribution in [-0.4, -0.2) is 20.5 Å². The first-order valence-corrected chi connectivity index (χ1v) is 9.21. The number of carbonyl (C=O) groups excluding carboxylic acids is 1. The monoisotopic (exact) mass is 457 g/mol. The minimum atomic E-state index is -4.59. The average Bonchev–Trinajstić information content (AvgIpc) is 3.00. The highest BCUT2D eigenvalue weighted by Gasteiger charge is 2.32. The maximum absolute atomic E-state index is 13.2. The van der Waals surface area contributed by atoms with Crippen LogP contribution in [0.5, 0.6) is 0 Å². The van der Waals surface area contributed by atoms with Crippen LogP contribution in [-0.2, 0) is 11.5 Å². The average molecular weight is 459 g/mol. The van der Waals surface area contributed by atoms with Gasteiger partial charge < -0.3 is 0 Å². The third kappa shape index (κ3) is 3.77. The molecule has 0 bridgehead atoms. The molecule has 0 N–H and O–H groups in total. The van der Waals surface area contributed by atoms with Crippen LogP contribution in [0.2, 0.25) is 5.02 Å². The summed E-state index contributed by atoms with van der Waals surface area (Å²) in [5.41, 5.74) is -0.688. The third-order valence-electron chi connectivity index (χ3n) is 3.94. The number of hydrogen-bond donors (Lipinski definition) is 0. The highest BCUT2D eigenvalue weighted by molar-refractivity contribution is 9.08. The maximum atomic E-state index is 13.2. The summed E-state index contributed by atoms with van der Waals surface area (Å²) in [6, 6.07) is 9.22. The van der Waals surface area contributed by atoms with Crippen LogP contribution in [0, 0.1) is 6.92 Å². The third-order valence-corrected chi connectivity index (χ3v) is 4.77. The van der Waals surface area contributed by atoms with Gasteiger partial charge in [-0.25, -0.2) is 0 Å². The second-order valence-corrected chi connectivity index (χ2v) is 6.64. The van der Waals surface area contributed by atoms with E-state index in [1.807, 2.05) is 0 Å². The van der Waals surface area contributed by atoms with E-state index in [1.54, 1.807) is 23.6 Å². The lowest BCUT2D eigenvalue weighted by Crippen LogP contribution is -2.14. The molecular weight excluding hydrogens is 447 g/mol. The van der Waals surface area contributed by atoms with Crippen LogP contribution in [0.1, 0.15) is 33.1 Å². The largest absolute Gasteiger partial charge is 0.416 e. The number of carbonyl (C=O) groups is 1. The van der Waals surface area contributed by atoms with Crippen LogP contribution < -0.4 is 0 Å². The van der Waals surface area contributed by atoms with E-state index in [2.05, 4.69) is 26.1 Å². The molecule has 27 heavy (non-hydrogen) atoms. The molecule has 2 aromatic carbocycles. The van der Waals surface area contributed by atoms with Crippen LogP contribution in [0.25, 0.3) is 5.69 Å². The Kier molecular flexibility index (Phi) is 5.39. The number of alkyl halides is 4. The smallest absolute Gasteiger partial charge is 0.288 e. The van der Waals surface area contributed by atoms with Gasteiger partial charge in [0.25, 0.3) is 0 Å². The normalized spacial score (nSPS) is 11.6. The van der Waals surface area contributed by atoms with Crippen LogP contribution in [0.3, 0.4) is 0 Å². The van der Waals surface area contributed by atoms with E-state index in [0.717, 1.165) is 12.1 Å². The lowest BCUT2D eigenvalue weighted by Gasteiger charge is -2.16. The SMILES string of the molecule is Cc1nnc(CBr)n1-c1ccc(C(F)(F)F)cc1C(=O)c1ccccc1Cl. The standard InChI is InChI=1S/C18H12BrClF3N3O/c1-10-24-25-16(9-19)26(10)15-7-6-11(18(21,22)23)8-13(15)17(27)12-4-2-3-5-14(12)20/h2-8H,9H2,1H3. The van der Waals surface area contributed by atoms with Crippen molar-refractivity contribution >= 4 is 33.3 Å². The quantitative estimate of drug-likeness (QED) is 0.390. The zero-order valence-electron chi connectivity index (χ0n) is 13.9. The van der Waals surface area contributed by atoms with E-state index in [-0.39, 0.29) is 21.8 Å². The summed E-state index contributed by atoms with van der Waals surface area (Å²) in [6.07, 6.45) is -4.59. The molecule has 0 aliphatic heterocycles. The summed E-state index contributed by atoms with van der Waals surface area (Å²) in [4.78, 5) is 13.1. The van der Waals surface area contributed by atoms with Gasteiger partial charge >= 0.3 is 6.18 Å². The molecule has 0 radical (unpaired) electrons. The molecule has 0 aliphatic carbocycles. The van der Waals surface area contributed by atoms with Crippen molar-refractivity contribution in [2.45, 2.75) is 18.4 Å². The van der Waals surface area contributed by atoms with E-state index in [9.17, 15) is 18.0 Å². The fourth-order valence-electron chi connectivity index (χ4n) is 2.69. The van der Waals surface area contributed by atoms with Gasteiger partial charge in [0.2, 0.25) is 0 Å². The second-order valence-electron chi connectivity index (χ2n) is 5.67. The van der Waals surface area contributed by atoms with Crippen LogP contribution in [0.15, 0.2) is 42.5 Å². The molecular formula is C18H12BrClF3N3O. The van der Waals surface area contributed by atoms with Gasteiger partial charge in [0.15, 0.2) is 5.78 Å². The summed E-state index contributed by atoms with van der Waals surface area (Å²) < 4.78 is 41.2. The number of halogens is 5. The molecule has 0 unspecified atom stereocenters. The van der Waals surface area contributed by atoms with Crippen molar-refractivity contribution in [3.05, 3.63) is 75.8 Å². The Morgan fingerprint density at radius 3 is 2.48 bits per heavy atom. The molecule has 0 aliphatic rings. The summed E-state index contributed by atoms with van der Waals surface area (Å²) >= 11 is 9.36. The Hall–Kier alpha value is -2.19. The number of benzene rings is 2. The molecule has 3 rings (SSSR count). The van der Waals surface area contributed by atoms with Crippen molar-refractivity contribution < 1.29 is 18.0 Å². The maximum Gasteiger partial charge on any atom is 0.416 e. The lowest BCUT2D eigenvalue weighted by atomic mass is 9.98. The van der Waals surface area contributed by atoms with E-state index in [4.69, 9.17) is 11.6 Å². The van der Waals surface area contributed by atoms with E-state index >= 15 is 0 Å². The van der Waals surface area contributed by atoms with Crippen molar-refractivity contribution in [2.75, 3.05) is 0 Å². The molecule has 0 saturated carbocycles. The predicted molar refractivity (Wildman–Crippen MR) is 98.6 cm³/mol. The summed E-state index contributed by atoms with van der Waals surface area (Å²) in [5.74, 6) is 0.285. The van der Waals surface area contributed by atoms with E-state index in [0.29, 0.717) is 17.0 Å². The molecule has 1 heterocycles. The summed E-state index contributed by atoms with van der Waals surface area (Å²) in [6.45, 7) is 1.65. The molecule has 0 amide bonds. The molecule has 0 atom stereocenters. The molecule has 1 aromatic heterocycles. The number of ketones is 1. The Morgan fingerprint density at radius 2 is 1.85 bits per heavy atom. The van der Waals surface area contributed by atoms with Crippen LogP contribution in [0.4, 0.5) is 13.2 Å². The van der Waals surface area contributed by atoms with E-state index in [1.165, 1.54) is 18.2 Å². The molecule has 0 spiro atoms. The highest BCUT2D eigenvalue weighted by atomic mass is 79.9. The molecule has 140 valence electrons. The molecule has 0 saturated heterocycles. The van der Waals surface area contributed by atoms with E-state index < -0.39 is 17.5 Å². The summed E-state index contributed by atoms with van der Waals surface area (Å²) in [7, 11) is 0. The Balaban J connectivity index is 2.28. The van der Waals surface area contributed by atoms with Gasteiger partial charge in [0.05, 0.1) is 21.6 Å². The van der Waals surface area contributed by atoms with Gasteiger partial charge in [-0.05, 0) is 37.3 Å². The highest BCUT2D eigenvalue weighted by Crippen LogP contribution is 2.33. The Labute approximate surface area is 166 Å². The number of aromatic nitrogens is 3. The second kappa shape index (κ2) is 7.44. The minimum absolute atomic E-state index is 0.117. The molecule has 4 nitrogen and oxygen atoms in total. The van der Waals surface area contributed by atoms with Gasteiger partial charge in [0, 0.05) is 11.1 Å². The van der Waals surface area contributed by atoms with Crippen molar-refractivity contribution in [2.24, 2.45) is 0 Å². The Morgan fingerprint density at radius 1 is 1.15 bits per heavy atom. The van der Waals surface area contributed by atoms with Crippen LogP contribution >= 0.6 is 27.5 Å². The van der Waals surface area contributed by atoms with Gasteiger partial charge in [-0.1, -0.05) is 39.7 Å². The zero-order valence-corrected chi connectivity index (χ0v) is 16.2. The first-order valence-electron chi connectivity index (χ1n) is 7.71. The van der Waals surface area contributed by atoms with Gasteiger partial charge in [-0.3, -0.25) is 9.36 Å². The molecule has 0 fully saturated rings. The zero-order chi connectivity index (χ0) is 19.8. The number of hydrogen-bond acceptors (Lipinski definition) is 3. The van der Waals surface area contributed by atoms with Gasteiger partial charge in [0.1, 0.15) is 11.6 Å². The Bertz CT molecular complexity index is 1020. The van der Waals surface area contributed by atoms with Crippen molar-refractivity contribution in [1.82, 2.24) is 14.8 Å². The number of nitrogens with zero attached hydrogens (tertiary/aromatic N) is 3. The van der Waals surface area contributed by atoms with Crippen molar-refractivity contribution in [3.63, 3.8) is 0 Å². The lowest BCUT2D eigenvalue weighted by molar-refractivity contribution is -0.137. The van der Waals surface area contributed by atoms with Crippen molar-refractivity contribution in [1.29, 1.82) is 0 Å². The van der Waals surface area contributed by atoms with Gasteiger partial charge in [-0.15, -0.1) is 10.2 Å². The fourth-order valence-corrected chi connectivity index (χ4v) is 3.27. The summed E-state index contributed by atoms with van der Waals surface area (Å²) in [5, 5.41) is 8.40. The number of rotatable bonds is 4. The fraction of sp³-hybridized carbons (Fsp3) is 0.167. The molecule has 9 heteroatoms. The van der Waals surface area contributed by atoms with Gasteiger partial charge in [-0.2, -0.15) is 13.2 Å². The molecule has 3 aromatic rings. The van der Waals surface area contributed by atoms with Crippen molar-refractivity contribution in [3.8, 4) is 5.69 Å². The number of aryl methyl sites for hydroxylation is 1. The predicted octanol–water partition coefficient (Wildman–Crippen LogP) is 5.37. The minimum Gasteiger partial charge on any atom is -0.288 e.